The van der Waals surface area contributed by atoms with Gasteiger partial charge in [-0.2, -0.15) is 0 Å². The van der Waals surface area contributed by atoms with Gasteiger partial charge in [-0.05, 0) is 61.4 Å². The number of esters is 1. The summed E-state index contributed by atoms with van der Waals surface area (Å²) in [6, 6.07) is 21.3. The van der Waals surface area contributed by atoms with E-state index in [9.17, 15) is 9.59 Å². The van der Waals surface area contributed by atoms with Gasteiger partial charge in [-0.25, -0.2) is 4.79 Å². The molecule has 0 aliphatic heterocycles. The van der Waals surface area contributed by atoms with Crippen molar-refractivity contribution >= 4 is 11.8 Å². The molecule has 0 amide bonds. The molecule has 0 saturated heterocycles. The van der Waals surface area contributed by atoms with Crippen LogP contribution in [-0.4, -0.2) is 18.4 Å². The minimum Gasteiger partial charge on any atom is -0.482 e. The van der Waals surface area contributed by atoms with E-state index in [4.69, 9.17) is 9.47 Å². The van der Waals surface area contributed by atoms with Crippen LogP contribution in [0.1, 0.15) is 27.0 Å². The maximum atomic E-state index is 12.4. The summed E-state index contributed by atoms with van der Waals surface area (Å²) in [6.07, 6.45) is 0. The SMILES string of the molecule is Cc1cc(C)cc(OCC(=O)Oc2ccc(C(=O)c3ccccc3)cc2)c1. The number of benzene rings is 3. The van der Waals surface area contributed by atoms with Crippen LogP contribution in [0.4, 0.5) is 0 Å². The van der Waals surface area contributed by atoms with E-state index in [0.29, 0.717) is 22.6 Å². The number of ketones is 1. The molecule has 0 heterocycles. The van der Waals surface area contributed by atoms with Crippen molar-refractivity contribution in [1.29, 1.82) is 0 Å². The monoisotopic (exact) mass is 360 g/mol. The maximum absolute atomic E-state index is 12.4. The Kier molecular flexibility index (Phi) is 5.67. The molecule has 4 heteroatoms. The number of aryl methyl sites for hydroxylation is 2. The number of carbonyl (C=O) groups excluding carboxylic acids is 2. The van der Waals surface area contributed by atoms with E-state index < -0.39 is 5.97 Å². The molecule has 0 unspecified atom stereocenters. The normalized spacial score (nSPS) is 10.3. The fourth-order valence-electron chi connectivity index (χ4n) is 2.75. The van der Waals surface area contributed by atoms with Crippen molar-refractivity contribution in [1.82, 2.24) is 0 Å². The molecule has 0 radical (unpaired) electrons. The highest BCUT2D eigenvalue weighted by Gasteiger charge is 2.10. The van der Waals surface area contributed by atoms with Gasteiger partial charge in [-0.3, -0.25) is 4.79 Å². The zero-order valence-electron chi connectivity index (χ0n) is 15.3. The molecule has 0 aliphatic rings. The summed E-state index contributed by atoms with van der Waals surface area (Å²) in [4.78, 5) is 24.3. The molecule has 0 aromatic heterocycles. The standard InChI is InChI=1S/C23H20O4/c1-16-12-17(2)14-21(13-16)26-15-22(24)27-20-10-8-19(9-11-20)23(25)18-6-4-3-5-7-18/h3-14H,15H2,1-2H3. The first kappa shape index (κ1) is 18.4. The van der Waals surface area contributed by atoms with Gasteiger partial charge < -0.3 is 9.47 Å². The Morgan fingerprint density at radius 3 is 1.96 bits per heavy atom. The van der Waals surface area contributed by atoms with Crippen LogP contribution < -0.4 is 9.47 Å². The van der Waals surface area contributed by atoms with Gasteiger partial charge in [0.05, 0.1) is 0 Å². The molecule has 0 spiro atoms. The highest BCUT2D eigenvalue weighted by Crippen LogP contribution is 2.18. The van der Waals surface area contributed by atoms with Crippen LogP contribution in [0.2, 0.25) is 0 Å². The second-order valence-electron chi connectivity index (χ2n) is 6.31. The lowest BCUT2D eigenvalue weighted by molar-refractivity contribution is -0.136. The predicted octanol–water partition coefficient (Wildman–Crippen LogP) is 4.52. The van der Waals surface area contributed by atoms with E-state index in [2.05, 4.69) is 0 Å². The Balaban J connectivity index is 1.57. The van der Waals surface area contributed by atoms with E-state index in [-0.39, 0.29) is 12.4 Å². The number of ether oxygens (including phenoxy) is 2. The van der Waals surface area contributed by atoms with Crippen LogP contribution in [0.15, 0.2) is 72.8 Å². The van der Waals surface area contributed by atoms with Crippen molar-refractivity contribution in [2.75, 3.05) is 6.61 Å². The van der Waals surface area contributed by atoms with E-state index in [1.54, 1.807) is 36.4 Å². The fraction of sp³-hybridized carbons (Fsp3) is 0.130. The third-order valence-electron chi connectivity index (χ3n) is 3.94. The van der Waals surface area contributed by atoms with E-state index >= 15 is 0 Å². The molecule has 3 rings (SSSR count). The highest BCUT2D eigenvalue weighted by molar-refractivity contribution is 6.09. The Bertz CT molecular complexity index is 924. The molecule has 0 fully saturated rings. The zero-order valence-corrected chi connectivity index (χ0v) is 15.3. The van der Waals surface area contributed by atoms with Crippen molar-refractivity contribution < 1.29 is 19.1 Å². The molecule has 0 aliphatic carbocycles. The summed E-state index contributed by atoms with van der Waals surface area (Å²) >= 11 is 0. The zero-order chi connectivity index (χ0) is 19.2. The molecule has 0 bridgehead atoms. The van der Waals surface area contributed by atoms with Gasteiger partial charge in [0.15, 0.2) is 12.4 Å². The number of hydrogen-bond acceptors (Lipinski definition) is 4. The summed E-state index contributed by atoms with van der Waals surface area (Å²) in [7, 11) is 0. The summed E-state index contributed by atoms with van der Waals surface area (Å²) in [5, 5.41) is 0. The van der Waals surface area contributed by atoms with Crippen LogP contribution in [0.5, 0.6) is 11.5 Å². The molecule has 0 atom stereocenters. The molecule has 3 aromatic rings. The Morgan fingerprint density at radius 1 is 0.741 bits per heavy atom. The molecule has 136 valence electrons. The largest absolute Gasteiger partial charge is 0.482 e. The average Bonchev–Trinajstić information content (AvgIpc) is 2.66. The van der Waals surface area contributed by atoms with Gasteiger partial charge in [-0.15, -0.1) is 0 Å². The second kappa shape index (κ2) is 8.32. The molecular weight excluding hydrogens is 340 g/mol. The predicted molar refractivity (Wildman–Crippen MR) is 103 cm³/mol. The van der Waals surface area contributed by atoms with E-state index in [1.165, 1.54) is 0 Å². The highest BCUT2D eigenvalue weighted by atomic mass is 16.6. The minimum atomic E-state index is -0.503. The van der Waals surface area contributed by atoms with Crippen LogP contribution in [0.25, 0.3) is 0 Å². The van der Waals surface area contributed by atoms with Crippen molar-refractivity contribution in [2.45, 2.75) is 13.8 Å². The third kappa shape index (κ3) is 5.05. The van der Waals surface area contributed by atoms with Crippen molar-refractivity contribution in [3.8, 4) is 11.5 Å². The molecule has 0 saturated carbocycles. The minimum absolute atomic E-state index is 0.0772. The van der Waals surface area contributed by atoms with Crippen LogP contribution in [0, 0.1) is 13.8 Å². The van der Waals surface area contributed by atoms with Gasteiger partial charge in [0.2, 0.25) is 0 Å². The summed E-state index contributed by atoms with van der Waals surface area (Å²) < 4.78 is 10.8. The number of carbonyl (C=O) groups is 2. The second-order valence-corrected chi connectivity index (χ2v) is 6.31. The van der Waals surface area contributed by atoms with Crippen molar-refractivity contribution in [2.24, 2.45) is 0 Å². The number of hydrogen-bond donors (Lipinski definition) is 0. The average molecular weight is 360 g/mol. The van der Waals surface area contributed by atoms with Gasteiger partial charge in [0, 0.05) is 11.1 Å². The van der Waals surface area contributed by atoms with Gasteiger partial charge in [0.1, 0.15) is 11.5 Å². The molecule has 27 heavy (non-hydrogen) atoms. The lowest BCUT2D eigenvalue weighted by atomic mass is 10.0. The maximum Gasteiger partial charge on any atom is 0.349 e. The molecular formula is C23H20O4. The van der Waals surface area contributed by atoms with Crippen molar-refractivity contribution in [3.05, 3.63) is 95.1 Å². The van der Waals surface area contributed by atoms with Crippen LogP contribution >= 0.6 is 0 Å². The molecule has 0 N–H and O–H groups in total. The van der Waals surface area contributed by atoms with Crippen LogP contribution in [0.3, 0.4) is 0 Å². The Labute approximate surface area is 158 Å². The quantitative estimate of drug-likeness (QED) is 0.368. The van der Waals surface area contributed by atoms with Crippen molar-refractivity contribution in [3.63, 3.8) is 0 Å². The summed E-state index contributed by atoms with van der Waals surface area (Å²) in [5.41, 5.74) is 3.28. The lowest BCUT2D eigenvalue weighted by Gasteiger charge is -2.09. The topological polar surface area (TPSA) is 52.6 Å². The first-order valence-corrected chi connectivity index (χ1v) is 8.63. The first-order valence-electron chi connectivity index (χ1n) is 8.63. The van der Waals surface area contributed by atoms with E-state index in [1.807, 2.05) is 50.2 Å². The first-order chi connectivity index (χ1) is 13.0. The van der Waals surface area contributed by atoms with Gasteiger partial charge in [0.25, 0.3) is 0 Å². The molecule has 4 nitrogen and oxygen atoms in total. The van der Waals surface area contributed by atoms with Crippen LogP contribution in [-0.2, 0) is 4.79 Å². The van der Waals surface area contributed by atoms with E-state index in [0.717, 1.165) is 11.1 Å². The third-order valence-corrected chi connectivity index (χ3v) is 3.94. The Morgan fingerprint density at radius 2 is 1.33 bits per heavy atom. The fourth-order valence-corrected chi connectivity index (χ4v) is 2.75. The summed E-state index contributed by atoms with van der Waals surface area (Å²) in [5.74, 6) is 0.421. The number of rotatable bonds is 6. The lowest BCUT2D eigenvalue weighted by Crippen LogP contribution is -2.17. The summed E-state index contributed by atoms with van der Waals surface area (Å²) in [6.45, 7) is 3.75. The van der Waals surface area contributed by atoms with Gasteiger partial charge in [-0.1, -0.05) is 36.4 Å². The molecule has 3 aromatic carbocycles. The Hall–Kier alpha value is -3.40. The van der Waals surface area contributed by atoms with Gasteiger partial charge >= 0.3 is 5.97 Å². The smallest absolute Gasteiger partial charge is 0.349 e.